The summed E-state index contributed by atoms with van der Waals surface area (Å²) in [5, 5.41) is 9.93. The van der Waals surface area contributed by atoms with Crippen molar-refractivity contribution >= 4 is 17.3 Å². The number of Topliss-reactive ketones (excluding diaryl/α,β-unsaturated/α-hetero) is 3. The minimum atomic E-state index is -0.681. The summed E-state index contributed by atoms with van der Waals surface area (Å²) in [7, 11) is 0. The van der Waals surface area contributed by atoms with E-state index in [0.29, 0.717) is 0 Å². The van der Waals surface area contributed by atoms with Crippen molar-refractivity contribution in [3.8, 4) is 0 Å². The van der Waals surface area contributed by atoms with Gasteiger partial charge in [0.2, 0.25) is 0 Å². The monoisotopic (exact) mass is 264 g/mol. The molecule has 0 aromatic heterocycles. The van der Waals surface area contributed by atoms with Gasteiger partial charge in [0.1, 0.15) is 17.3 Å². The van der Waals surface area contributed by atoms with E-state index in [1.54, 1.807) is 6.92 Å². The molecular formula is C15H20O4. The molecule has 2 aliphatic carbocycles. The van der Waals surface area contributed by atoms with E-state index < -0.39 is 17.9 Å². The number of hydrogen-bond acceptors (Lipinski definition) is 4. The van der Waals surface area contributed by atoms with Crippen LogP contribution in [-0.2, 0) is 14.4 Å². The molecule has 6 unspecified atom stereocenters. The van der Waals surface area contributed by atoms with E-state index in [0.717, 1.165) is 5.57 Å². The van der Waals surface area contributed by atoms with E-state index in [1.807, 2.05) is 6.08 Å². The molecule has 104 valence electrons. The zero-order valence-corrected chi connectivity index (χ0v) is 11.7. The van der Waals surface area contributed by atoms with Crippen molar-refractivity contribution in [2.45, 2.75) is 33.8 Å². The molecule has 2 aliphatic rings. The van der Waals surface area contributed by atoms with E-state index in [2.05, 4.69) is 0 Å². The van der Waals surface area contributed by atoms with Crippen molar-refractivity contribution in [2.75, 3.05) is 0 Å². The zero-order chi connectivity index (χ0) is 14.5. The van der Waals surface area contributed by atoms with Crippen molar-refractivity contribution < 1.29 is 19.5 Å². The van der Waals surface area contributed by atoms with E-state index in [1.165, 1.54) is 20.8 Å². The molecule has 0 aromatic rings. The van der Waals surface area contributed by atoms with Crippen molar-refractivity contribution in [3.05, 3.63) is 11.6 Å². The number of ketones is 3. The molecule has 0 amide bonds. The Bertz CT molecular complexity index is 475. The van der Waals surface area contributed by atoms with Crippen LogP contribution in [0.2, 0.25) is 0 Å². The number of rotatable bonds is 4. The van der Waals surface area contributed by atoms with Crippen LogP contribution in [0.25, 0.3) is 0 Å². The molecule has 1 N–H and O–H groups in total. The molecule has 0 aliphatic heterocycles. The van der Waals surface area contributed by atoms with Gasteiger partial charge in [-0.1, -0.05) is 11.6 Å². The van der Waals surface area contributed by atoms with Crippen molar-refractivity contribution in [1.29, 1.82) is 0 Å². The molecule has 0 saturated carbocycles. The summed E-state index contributed by atoms with van der Waals surface area (Å²) >= 11 is 0. The summed E-state index contributed by atoms with van der Waals surface area (Å²) in [6.45, 7) is 6.09. The average Bonchev–Trinajstić information content (AvgIpc) is 2.81. The third-order valence-electron chi connectivity index (χ3n) is 4.60. The normalized spacial score (nSPS) is 37.9. The fraction of sp³-hybridized carbons (Fsp3) is 0.667. The maximum Gasteiger partial charge on any atom is 0.137 e. The summed E-state index contributed by atoms with van der Waals surface area (Å²) in [5.41, 5.74) is 0.799. The van der Waals surface area contributed by atoms with Gasteiger partial charge in [-0.25, -0.2) is 0 Å². The molecule has 6 atom stereocenters. The lowest BCUT2D eigenvalue weighted by Crippen LogP contribution is -2.45. The lowest BCUT2D eigenvalue weighted by Gasteiger charge is -2.39. The predicted molar refractivity (Wildman–Crippen MR) is 69.3 cm³/mol. The summed E-state index contributed by atoms with van der Waals surface area (Å²) < 4.78 is 0. The van der Waals surface area contributed by atoms with Crippen molar-refractivity contribution in [2.24, 2.45) is 29.6 Å². The maximum atomic E-state index is 11.9. The molecule has 4 nitrogen and oxygen atoms in total. The molecule has 0 spiro atoms. The standard InChI is InChI=1S/C15H20O4/c1-6(16)12-10-5-11(13(12)7(2)17)15(9(4)19)14(10)8(3)18/h5-6,11-16H,1-4H3. The largest absolute Gasteiger partial charge is 0.393 e. The van der Waals surface area contributed by atoms with Gasteiger partial charge >= 0.3 is 0 Å². The van der Waals surface area contributed by atoms with Crippen LogP contribution in [0, 0.1) is 29.6 Å². The SMILES string of the molecule is CC(=O)C1C2=CC(C1C(C)=O)C(C(C)=O)C2C(C)O. The number of hydrogen-bond donors (Lipinski definition) is 1. The second-order valence-corrected chi connectivity index (χ2v) is 5.87. The van der Waals surface area contributed by atoms with Crippen molar-refractivity contribution in [1.82, 2.24) is 0 Å². The van der Waals surface area contributed by atoms with Gasteiger partial charge in [-0.05, 0) is 33.6 Å². The molecular weight excluding hydrogens is 244 g/mol. The Morgan fingerprint density at radius 2 is 1.58 bits per heavy atom. The van der Waals surface area contributed by atoms with Gasteiger partial charge in [-0.2, -0.15) is 0 Å². The Kier molecular flexibility index (Phi) is 3.47. The molecule has 0 aromatic carbocycles. The van der Waals surface area contributed by atoms with Crippen LogP contribution in [0.15, 0.2) is 11.6 Å². The van der Waals surface area contributed by atoms with Gasteiger partial charge in [0.05, 0.1) is 6.10 Å². The number of aliphatic hydroxyl groups is 1. The highest BCUT2D eigenvalue weighted by atomic mass is 16.3. The Balaban J connectivity index is 2.45. The summed E-state index contributed by atoms with van der Waals surface area (Å²) in [6, 6.07) is 0. The third-order valence-corrected chi connectivity index (χ3v) is 4.60. The Morgan fingerprint density at radius 1 is 1.05 bits per heavy atom. The Labute approximate surface area is 112 Å². The number of allylic oxidation sites excluding steroid dienone is 1. The molecule has 4 heteroatoms. The minimum absolute atomic E-state index is 0.0181. The first-order valence-corrected chi connectivity index (χ1v) is 6.68. The van der Waals surface area contributed by atoms with Crippen LogP contribution in [-0.4, -0.2) is 28.6 Å². The van der Waals surface area contributed by atoms with Gasteiger partial charge < -0.3 is 5.11 Å². The van der Waals surface area contributed by atoms with Crippen LogP contribution >= 0.6 is 0 Å². The Hall–Kier alpha value is -1.29. The lowest BCUT2D eigenvalue weighted by atomic mass is 9.63. The van der Waals surface area contributed by atoms with Gasteiger partial charge in [0.25, 0.3) is 0 Å². The maximum absolute atomic E-state index is 11.9. The predicted octanol–water partition coefficient (Wildman–Crippen LogP) is 1.17. The molecule has 2 bridgehead atoms. The van der Waals surface area contributed by atoms with E-state index in [-0.39, 0.29) is 35.1 Å². The lowest BCUT2D eigenvalue weighted by molar-refractivity contribution is -0.136. The van der Waals surface area contributed by atoms with E-state index in [4.69, 9.17) is 0 Å². The molecule has 0 radical (unpaired) electrons. The van der Waals surface area contributed by atoms with Gasteiger partial charge in [0, 0.05) is 23.7 Å². The zero-order valence-electron chi connectivity index (χ0n) is 11.7. The molecule has 0 fully saturated rings. The smallest absolute Gasteiger partial charge is 0.137 e. The quantitative estimate of drug-likeness (QED) is 0.774. The molecule has 19 heavy (non-hydrogen) atoms. The molecule has 2 rings (SSSR count). The number of aliphatic hydroxyl groups excluding tert-OH is 1. The van der Waals surface area contributed by atoms with Crippen LogP contribution in [0.3, 0.4) is 0 Å². The Morgan fingerprint density at radius 3 is 1.95 bits per heavy atom. The van der Waals surface area contributed by atoms with Crippen LogP contribution in [0.4, 0.5) is 0 Å². The van der Waals surface area contributed by atoms with Gasteiger partial charge in [-0.15, -0.1) is 0 Å². The number of carbonyl (C=O) groups excluding carboxylic acids is 3. The number of fused-ring (bicyclic) bond motifs is 1. The highest BCUT2D eigenvalue weighted by molar-refractivity contribution is 5.94. The highest BCUT2D eigenvalue weighted by Crippen LogP contribution is 2.55. The molecule has 0 saturated heterocycles. The summed E-state index contributed by atoms with van der Waals surface area (Å²) in [6.07, 6.45) is 1.21. The molecule has 0 heterocycles. The van der Waals surface area contributed by atoms with E-state index in [9.17, 15) is 19.5 Å². The fourth-order valence-electron chi connectivity index (χ4n) is 4.05. The fourth-order valence-corrected chi connectivity index (χ4v) is 4.05. The van der Waals surface area contributed by atoms with E-state index >= 15 is 0 Å². The van der Waals surface area contributed by atoms with Crippen LogP contribution < -0.4 is 0 Å². The number of carbonyl (C=O) groups is 3. The first-order chi connectivity index (χ1) is 8.77. The van der Waals surface area contributed by atoms with Crippen LogP contribution in [0.5, 0.6) is 0 Å². The third kappa shape index (κ3) is 1.98. The average molecular weight is 264 g/mol. The van der Waals surface area contributed by atoms with Gasteiger partial charge in [-0.3, -0.25) is 14.4 Å². The minimum Gasteiger partial charge on any atom is -0.393 e. The van der Waals surface area contributed by atoms with Crippen molar-refractivity contribution in [3.63, 3.8) is 0 Å². The second kappa shape index (κ2) is 4.67. The first kappa shape index (κ1) is 14.1. The highest BCUT2D eigenvalue weighted by Gasteiger charge is 2.57. The summed E-state index contributed by atoms with van der Waals surface area (Å²) in [5.74, 6) is -1.89. The topological polar surface area (TPSA) is 71.4 Å². The second-order valence-electron chi connectivity index (χ2n) is 5.87. The van der Waals surface area contributed by atoms with Gasteiger partial charge in [0.15, 0.2) is 0 Å². The van der Waals surface area contributed by atoms with Crippen LogP contribution in [0.1, 0.15) is 27.7 Å². The summed E-state index contributed by atoms with van der Waals surface area (Å²) in [4.78, 5) is 35.5. The first-order valence-electron chi connectivity index (χ1n) is 6.68.